The molecule has 3 rings (SSSR count). The second-order valence-corrected chi connectivity index (χ2v) is 7.90. The minimum atomic E-state index is -0.0805. The molecule has 1 heterocycles. The highest BCUT2D eigenvalue weighted by atomic mass is 19.1. The van der Waals surface area contributed by atoms with Crippen LogP contribution in [-0.2, 0) is 5.41 Å². The van der Waals surface area contributed by atoms with E-state index >= 15 is 0 Å². The van der Waals surface area contributed by atoms with Crippen molar-refractivity contribution in [1.82, 2.24) is 4.90 Å². The van der Waals surface area contributed by atoms with Gasteiger partial charge in [0.05, 0.1) is 0 Å². The molecule has 0 amide bonds. The van der Waals surface area contributed by atoms with Crippen molar-refractivity contribution in [3.8, 4) is 0 Å². The lowest BCUT2D eigenvalue weighted by atomic mass is 9.69. The van der Waals surface area contributed by atoms with Crippen LogP contribution in [0.3, 0.4) is 0 Å². The van der Waals surface area contributed by atoms with Crippen LogP contribution in [0.25, 0.3) is 0 Å². The number of likely N-dealkylation sites (tertiary alicyclic amines) is 1. The van der Waals surface area contributed by atoms with E-state index in [0.29, 0.717) is 0 Å². The van der Waals surface area contributed by atoms with Crippen LogP contribution in [0.4, 0.5) is 4.39 Å². The maximum Gasteiger partial charge on any atom is 0.123 e. The Balaban J connectivity index is 1.66. The summed E-state index contributed by atoms with van der Waals surface area (Å²) >= 11 is 0. The average Bonchev–Trinajstić information content (AvgIpc) is 2.59. The summed E-state index contributed by atoms with van der Waals surface area (Å²) in [7, 11) is 0. The van der Waals surface area contributed by atoms with Gasteiger partial charge in [-0.15, -0.1) is 0 Å². The molecule has 2 aliphatic rings. The SMILES string of the molecule is CCC1(c2cc(F)ccc2C)CCN(CC2CCCCC2)CC1. The van der Waals surface area contributed by atoms with Crippen LogP contribution in [0.1, 0.15) is 69.4 Å². The molecule has 0 spiro atoms. The molecule has 1 aromatic rings. The molecule has 0 atom stereocenters. The Hall–Kier alpha value is -0.890. The van der Waals surface area contributed by atoms with E-state index in [-0.39, 0.29) is 11.2 Å². The van der Waals surface area contributed by atoms with Gasteiger partial charge in [-0.25, -0.2) is 4.39 Å². The van der Waals surface area contributed by atoms with Crippen LogP contribution < -0.4 is 0 Å². The highest BCUT2D eigenvalue weighted by Crippen LogP contribution is 2.40. The summed E-state index contributed by atoms with van der Waals surface area (Å²) in [5.74, 6) is 0.844. The number of rotatable bonds is 4. The fourth-order valence-electron chi connectivity index (χ4n) is 4.88. The third-order valence-electron chi connectivity index (χ3n) is 6.50. The summed E-state index contributed by atoms with van der Waals surface area (Å²) in [5, 5.41) is 0. The summed E-state index contributed by atoms with van der Waals surface area (Å²) in [6, 6.07) is 5.35. The number of hydrogen-bond donors (Lipinski definition) is 0. The zero-order valence-corrected chi connectivity index (χ0v) is 14.9. The first-order valence-electron chi connectivity index (χ1n) is 9.62. The molecule has 1 aliphatic carbocycles. The summed E-state index contributed by atoms with van der Waals surface area (Å²) in [5.41, 5.74) is 2.71. The van der Waals surface area contributed by atoms with Gasteiger partial charge in [0, 0.05) is 6.54 Å². The Morgan fingerprint density at radius 1 is 1.13 bits per heavy atom. The first-order chi connectivity index (χ1) is 11.1. The van der Waals surface area contributed by atoms with Crippen molar-refractivity contribution in [3.63, 3.8) is 0 Å². The van der Waals surface area contributed by atoms with Gasteiger partial charge in [-0.05, 0) is 86.7 Å². The van der Waals surface area contributed by atoms with Crippen molar-refractivity contribution in [2.45, 2.75) is 70.6 Å². The molecule has 1 nitrogen and oxygen atoms in total. The van der Waals surface area contributed by atoms with E-state index in [4.69, 9.17) is 0 Å². The predicted molar refractivity (Wildman–Crippen MR) is 95.4 cm³/mol. The molecular weight excluding hydrogens is 285 g/mol. The summed E-state index contributed by atoms with van der Waals surface area (Å²) in [6.45, 7) is 8.07. The smallest absolute Gasteiger partial charge is 0.123 e. The minimum Gasteiger partial charge on any atom is -0.303 e. The maximum absolute atomic E-state index is 13.8. The minimum absolute atomic E-state index is 0.0805. The fourth-order valence-corrected chi connectivity index (χ4v) is 4.88. The Morgan fingerprint density at radius 2 is 1.83 bits per heavy atom. The van der Waals surface area contributed by atoms with Gasteiger partial charge in [0.1, 0.15) is 5.82 Å². The lowest BCUT2D eigenvalue weighted by Gasteiger charge is -2.43. The van der Waals surface area contributed by atoms with E-state index in [2.05, 4.69) is 18.7 Å². The molecule has 2 heteroatoms. The number of piperidine rings is 1. The topological polar surface area (TPSA) is 3.24 Å². The first kappa shape index (κ1) is 17.0. The van der Waals surface area contributed by atoms with E-state index in [0.717, 1.165) is 12.3 Å². The molecule has 2 fully saturated rings. The lowest BCUT2D eigenvalue weighted by molar-refractivity contribution is 0.125. The van der Waals surface area contributed by atoms with Crippen molar-refractivity contribution in [3.05, 3.63) is 35.1 Å². The molecular formula is C21H32FN. The standard InChI is InChI=1S/C21H32FN/c1-3-21(20-15-19(22)10-9-17(20)2)11-13-23(14-12-21)16-18-7-5-4-6-8-18/h9-10,15,18H,3-8,11-14,16H2,1-2H3. The number of nitrogens with zero attached hydrogens (tertiary/aromatic N) is 1. The first-order valence-corrected chi connectivity index (χ1v) is 9.62. The zero-order chi connectivity index (χ0) is 16.3. The van der Waals surface area contributed by atoms with Crippen LogP contribution >= 0.6 is 0 Å². The molecule has 0 aromatic heterocycles. The third kappa shape index (κ3) is 3.79. The van der Waals surface area contributed by atoms with Crippen molar-refractivity contribution in [2.24, 2.45) is 5.92 Å². The molecule has 0 radical (unpaired) electrons. The normalized spacial score (nSPS) is 23.1. The van der Waals surface area contributed by atoms with Gasteiger partial charge in [0.15, 0.2) is 0 Å². The summed E-state index contributed by atoms with van der Waals surface area (Å²) in [6.07, 6.45) is 10.6. The Bertz CT molecular complexity index is 511. The monoisotopic (exact) mass is 317 g/mol. The largest absolute Gasteiger partial charge is 0.303 e. The number of aryl methyl sites for hydroxylation is 1. The van der Waals surface area contributed by atoms with Crippen LogP contribution in [0, 0.1) is 18.7 Å². The Kier molecular flexibility index (Phi) is 5.41. The molecule has 1 saturated heterocycles. The van der Waals surface area contributed by atoms with Crippen molar-refractivity contribution in [1.29, 1.82) is 0 Å². The van der Waals surface area contributed by atoms with E-state index in [1.165, 1.54) is 75.7 Å². The third-order valence-corrected chi connectivity index (χ3v) is 6.50. The number of hydrogen-bond acceptors (Lipinski definition) is 1. The molecule has 1 saturated carbocycles. The Labute approximate surface area is 141 Å². The van der Waals surface area contributed by atoms with Gasteiger partial charge in [0.25, 0.3) is 0 Å². The van der Waals surface area contributed by atoms with Crippen molar-refractivity contribution >= 4 is 0 Å². The maximum atomic E-state index is 13.8. The van der Waals surface area contributed by atoms with Gasteiger partial charge >= 0.3 is 0 Å². The summed E-state index contributed by atoms with van der Waals surface area (Å²) in [4.78, 5) is 2.68. The molecule has 0 unspecified atom stereocenters. The van der Waals surface area contributed by atoms with Crippen molar-refractivity contribution < 1.29 is 4.39 Å². The quantitative estimate of drug-likeness (QED) is 0.713. The van der Waals surface area contributed by atoms with Gasteiger partial charge in [-0.1, -0.05) is 32.3 Å². The second-order valence-electron chi connectivity index (χ2n) is 7.90. The van der Waals surface area contributed by atoms with Crippen molar-refractivity contribution in [2.75, 3.05) is 19.6 Å². The molecule has 1 aliphatic heterocycles. The zero-order valence-electron chi connectivity index (χ0n) is 14.9. The fraction of sp³-hybridized carbons (Fsp3) is 0.714. The van der Waals surface area contributed by atoms with Gasteiger partial charge in [-0.3, -0.25) is 0 Å². The highest BCUT2D eigenvalue weighted by Gasteiger charge is 2.36. The molecule has 0 bridgehead atoms. The average molecular weight is 317 g/mol. The highest BCUT2D eigenvalue weighted by molar-refractivity contribution is 5.34. The van der Waals surface area contributed by atoms with E-state index in [1.54, 1.807) is 12.1 Å². The molecule has 128 valence electrons. The van der Waals surface area contributed by atoms with Crippen LogP contribution in [0.2, 0.25) is 0 Å². The van der Waals surface area contributed by atoms with Crippen LogP contribution in [0.15, 0.2) is 18.2 Å². The van der Waals surface area contributed by atoms with Gasteiger partial charge < -0.3 is 4.90 Å². The van der Waals surface area contributed by atoms with Gasteiger partial charge in [0.2, 0.25) is 0 Å². The van der Waals surface area contributed by atoms with E-state index in [1.807, 2.05) is 6.07 Å². The van der Waals surface area contributed by atoms with Gasteiger partial charge in [-0.2, -0.15) is 0 Å². The number of halogens is 1. The second kappa shape index (κ2) is 7.34. The summed E-state index contributed by atoms with van der Waals surface area (Å²) < 4.78 is 13.8. The molecule has 1 aromatic carbocycles. The predicted octanol–water partition coefficient (Wildman–Crippen LogP) is 5.46. The van der Waals surface area contributed by atoms with Crippen LogP contribution in [0.5, 0.6) is 0 Å². The number of benzene rings is 1. The molecule has 0 N–H and O–H groups in total. The van der Waals surface area contributed by atoms with E-state index < -0.39 is 0 Å². The van der Waals surface area contributed by atoms with Crippen LogP contribution in [-0.4, -0.2) is 24.5 Å². The molecule has 23 heavy (non-hydrogen) atoms. The Morgan fingerprint density at radius 3 is 2.48 bits per heavy atom. The lowest BCUT2D eigenvalue weighted by Crippen LogP contribution is -2.44. The van der Waals surface area contributed by atoms with E-state index in [9.17, 15) is 4.39 Å².